The molecule has 0 aliphatic carbocycles. The molecule has 1 aliphatic rings. The largest absolute Gasteiger partial charge is 0.494 e. The zero-order chi connectivity index (χ0) is 23.6. The van der Waals surface area contributed by atoms with Crippen molar-refractivity contribution >= 4 is 56.6 Å². The van der Waals surface area contributed by atoms with Crippen molar-refractivity contribution in [2.75, 3.05) is 51.4 Å². The predicted octanol–water partition coefficient (Wildman–Crippen LogP) is 5.38. The summed E-state index contributed by atoms with van der Waals surface area (Å²) in [5.74, 6) is 0.0816. The van der Waals surface area contributed by atoms with Crippen LogP contribution in [0.4, 0.5) is 18.3 Å². The van der Waals surface area contributed by atoms with Crippen LogP contribution in [0.25, 0.3) is 10.2 Å². The summed E-state index contributed by atoms with van der Waals surface area (Å²) in [4.78, 5) is 21.7. The monoisotopic (exact) mass is 535 g/mol. The third kappa shape index (κ3) is 5.75. The molecule has 0 radical (unpaired) electrons. The predicted molar refractivity (Wildman–Crippen MR) is 129 cm³/mol. The maximum atomic E-state index is 13.4. The minimum atomic E-state index is -4.47. The summed E-state index contributed by atoms with van der Waals surface area (Å²) in [6, 6.07) is 7.59. The van der Waals surface area contributed by atoms with Gasteiger partial charge in [0.05, 0.1) is 35.6 Å². The summed E-state index contributed by atoms with van der Waals surface area (Å²) in [5, 5.41) is 0.874. The summed E-state index contributed by atoms with van der Waals surface area (Å²) in [6.45, 7) is 3.57. The first-order valence-electron chi connectivity index (χ1n) is 10.2. The molecule has 34 heavy (non-hydrogen) atoms. The van der Waals surface area contributed by atoms with E-state index in [0.29, 0.717) is 52.4 Å². The van der Waals surface area contributed by atoms with Crippen LogP contribution in [0, 0.1) is 0 Å². The average Bonchev–Trinajstić information content (AvgIpc) is 3.26. The number of hydrogen-bond donors (Lipinski definition) is 0. The highest BCUT2D eigenvalue weighted by molar-refractivity contribution is 7.23. The molecule has 0 bridgehead atoms. The number of ether oxygens (including phenoxy) is 2. The molecule has 1 amide bonds. The van der Waals surface area contributed by atoms with Crippen molar-refractivity contribution in [2.24, 2.45) is 0 Å². The van der Waals surface area contributed by atoms with Gasteiger partial charge in [-0.3, -0.25) is 14.6 Å². The Bertz CT molecular complexity index is 1140. The number of alkyl halides is 3. The number of carbonyl (C=O) groups excluding carboxylic acids is 1. The Morgan fingerprint density at radius 1 is 1.21 bits per heavy atom. The van der Waals surface area contributed by atoms with Crippen LogP contribution in [0.3, 0.4) is 0 Å². The molecule has 0 saturated carbocycles. The third-order valence-corrected chi connectivity index (χ3v) is 6.88. The second-order valence-electron chi connectivity index (χ2n) is 7.41. The van der Waals surface area contributed by atoms with E-state index in [2.05, 4.69) is 9.88 Å². The van der Waals surface area contributed by atoms with E-state index in [4.69, 9.17) is 21.1 Å². The first-order chi connectivity index (χ1) is 15.8. The number of rotatable bonds is 6. The summed E-state index contributed by atoms with van der Waals surface area (Å²) in [5.41, 5.74) is -0.140. The molecule has 3 aromatic rings. The van der Waals surface area contributed by atoms with E-state index in [0.717, 1.165) is 25.2 Å². The zero-order valence-electron chi connectivity index (χ0n) is 18.1. The SMILES string of the molecule is COc1ccc(Cl)c2sc(N(CCN3CCOCC3)C(=O)c3ccc(C(F)(F)F)cc3)nc12.Cl. The van der Waals surface area contributed by atoms with Gasteiger partial charge in [-0.2, -0.15) is 13.2 Å². The van der Waals surface area contributed by atoms with E-state index in [1.165, 1.54) is 35.5 Å². The normalized spacial score (nSPS) is 14.6. The van der Waals surface area contributed by atoms with E-state index in [9.17, 15) is 18.0 Å². The molecule has 0 spiro atoms. The lowest BCUT2D eigenvalue weighted by molar-refractivity contribution is -0.137. The van der Waals surface area contributed by atoms with Crippen molar-refractivity contribution in [3.63, 3.8) is 0 Å². The molecular weight excluding hydrogens is 514 g/mol. The number of morpholine rings is 1. The van der Waals surface area contributed by atoms with Crippen LogP contribution in [-0.2, 0) is 10.9 Å². The maximum absolute atomic E-state index is 13.4. The van der Waals surface area contributed by atoms with Gasteiger partial charge in [0.1, 0.15) is 11.3 Å². The number of nitrogens with zero attached hydrogens (tertiary/aromatic N) is 3. The maximum Gasteiger partial charge on any atom is 0.416 e. The average molecular weight is 536 g/mol. The highest BCUT2D eigenvalue weighted by Gasteiger charge is 2.31. The smallest absolute Gasteiger partial charge is 0.416 e. The van der Waals surface area contributed by atoms with Crippen LogP contribution in [-0.4, -0.2) is 62.3 Å². The van der Waals surface area contributed by atoms with Gasteiger partial charge in [0, 0.05) is 31.7 Å². The topological polar surface area (TPSA) is 54.9 Å². The number of thiazole rings is 1. The lowest BCUT2D eigenvalue weighted by Crippen LogP contribution is -2.43. The fraction of sp³-hybridized carbons (Fsp3) is 0.364. The highest BCUT2D eigenvalue weighted by Crippen LogP contribution is 2.39. The summed E-state index contributed by atoms with van der Waals surface area (Å²) in [7, 11) is 1.52. The number of hydrogen-bond acceptors (Lipinski definition) is 6. The standard InChI is InChI=1S/C22H21ClF3N3O3S.ClH/c1-31-17-7-6-16(23)19-18(17)27-21(33-19)29(9-8-28-10-12-32-13-11-28)20(30)14-2-4-15(5-3-14)22(24,25)26;/h2-7H,8-13H2,1H3;1H. The van der Waals surface area contributed by atoms with E-state index < -0.39 is 17.6 Å². The van der Waals surface area contributed by atoms with E-state index in [-0.39, 0.29) is 18.0 Å². The molecule has 12 heteroatoms. The van der Waals surface area contributed by atoms with E-state index in [1.807, 2.05) is 0 Å². The number of amides is 1. The van der Waals surface area contributed by atoms with Crippen LogP contribution in [0.1, 0.15) is 15.9 Å². The molecule has 184 valence electrons. The van der Waals surface area contributed by atoms with Gasteiger partial charge in [0.25, 0.3) is 5.91 Å². The Balaban J connectivity index is 0.00000324. The van der Waals surface area contributed by atoms with Gasteiger partial charge in [-0.15, -0.1) is 12.4 Å². The molecule has 0 atom stereocenters. The van der Waals surface area contributed by atoms with Gasteiger partial charge in [0.2, 0.25) is 0 Å². The van der Waals surface area contributed by atoms with Crippen LogP contribution >= 0.6 is 35.3 Å². The summed E-state index contributed by atoms with van der Waals surface area (Å²) >= 11 is 7.58. The molecular formula is C22H22Cl2F3N3O3S. The van der Waals surface area contributed by atoms with E-state index >= 15 is 0 Å². The van der Waals surface area contributed by atoms with Crippen LogP contribution in [0.2, 0.25) is 5.02 Å². The number of anilines is 1. The number of halogens is 5. The molecule has 0 N–H and O–H groups in total. The minimum absolute atomic E-state index is 0. The van der Waals surface area contributed by atoms with Crippen LogP contribution < -0.4 is 9.64 Å². The minimum Gasteiger partial charge on any atom is -0.494 e. The molecule has 2 heterocycles. The molecule has 1 saturated heterocycles. The fourth-order valence-corrected chi connectivity index (χ4v) is 4.81. The van der Waals surface area contributed by atoms with Crippen molar-refractivity contribution in [1.82, 2.24) is 9.88 Å². The van der Waals surface area contributed by atoms with Gasteiger partial charge in [-0.05, 0) is 36.4 Å². The second-order valence-corrected chi connectivity index (χ2v) is 8.79. The summed E-state index contributed by atoms with van der Waals surface area (Å²) in [6.07, 6.45) is -4.47. The van der Waals surface area contributed by atoms with Crippen molar-refractivity contribution in [1.29, 1.82) is 0 Å². The first-order valence-corrected chi connectivity index (χ1v) is 11.4. The Labute approximate surface area is 209 Å². The highest BCUT2D eigenvalue weighted by atomic mass is 35.5. The fourth-order valence-electron chi connectivity index (χ4n) is 3.53. The number of methoxy groups -OCH3 is 1. The quantitative estimate of drug-likeness (QED) is 0.424. The molecule has 1 fully saturated rings. The van der Waals surface area contributed by atoms with Gasteiger partial charge in [-0.1, -0.05) is 22.9 Å². The zero-order valence-corrected chi connectivity index (χ0v) is 20.5. The van der Waals surface area contributed by atoms with Crippen molar-refractivity contribution in [2.45, 2.75) is 6.18 Å². The first kappa shape index (κ1) is 26.5. The molecule has 6 nitrogen and oxygen atoms in total. The molecule has 4 rings (SSSR count). The second kappa shape index (κ2) is 11.1. The summed E-state index contributed by atoms with van der Waals surface area (Å²) < 4.78 is 50.3. The Morgan fingerprint density at radius 3 is 2.50 bits per heavy atom. The Kier molecular flexibility index (Phi) is 8.64. The Morgan fingerprint density at radius 2 is 1.88 bits per heavy atom. The van der Waals surface area contributed by atoms with Crippen LogP contribution in [0.15, 0.2) is 36.4 Å². The molecule has 2 aromatic carbocycles. The van der Waals surface area contributed by atoms with Gasteiger partial charge in [0.15, 0.2) is 5.13 Å². The molecule has 1 aliphatic heterocycles. The van der Waals surface area contributed by atoms with Crippen molar-refractivity contribution < 1.29 is 27.4 Å². The van der Waals surface area contributed by atoms with Gasteiger partial charge < -0.3 is 9.47 Å². The van der Waals surface area contributed by atoms with Crippen LogP contribution in [0.5, 0.6) is 5.75 Å². The number of carbonyl (C=O) groups is 1. The number of fused-ring (bicyclic) bond motifs is 1. The Hall–Kier alpha value is -2.11. The molecule has 0 unspecified atom stereocenters. The number of aromatic nitrogens is 1. The van der Waals surface area contributed by atoms with E-state index in [1.54, 1.807) is 12.1 Å². The van der Waals surface area contributed by atoms with Gasteiger partial charge >= 0.3 is 6.18 Å². The molecule has 1 aromatic heterocycles. The number of benzene rings is 2. The third-order valence-electron chi connectivity index (χ3n) is 5.35. The van der Waals surface area contributed by atoms with Gasteiger partial charge in [-0.25, -0.2) is 4.98 Å². The van der Waals surface area contributed by atoms with Crippen molar-refractivity contribution in [3.05, 3.63) is 52.5 Å². The van der Waals surface area contributed by atoms with Crippen molar-refractivity contribution in [3.8, 4) is 5.75 Å². The lowest BCUT2D eigenvalue weighted by atomic mass is 10.1. The lowest BCUT2D eigenvalue weighted by Gasteiger charge is -2.29.